The van der Waals surface area contributed by atoms with E-state index in [1.54, 1.807) is 24.1 Å². The van der Waals surface area contributed by atoms with Crippen LogP contribution in [-0.4, -0.2) is 27.9 Å². The van der Waals surface area contributed by atoms with E-state index in [0.717, 1.165) is 24.0 Å². The number of non-ortho nitro benzene ring substituents is 1. The van der Waals surface area contributed by atoms with E-state index >= 15 is 0 Å². The van der Waals surface area contributed by atoms with Crippen molar-refractivity contribution in [2.75, 3.05) is 11.9 Å². The molecule has 1 fully saturated rings. The summed E-state index contributed by atoms with van der Waals surface area (Å²) < 4.78 is 7.77. The number of para-hydroxylation sites is 1. The molecule has 1 heterocycles. The summed E-state index contributed by atoms with van der Waals surface area (Å²) >= 11 is 9.92. The van der Waals surface area contributed by atoms with Crippen LogP contribution in [0.15, 0.2) is 72.4 Å². The number of carbonyl (C=O) groups is 1. The van der Waals surface area contributed by atoms with E-state index in [9.17, 15) is 14.9 Å². The second-order valence-electron chi connectivity index (χ2n) is 7.37. The SMILES string of the molecule is CN1C(=S)N(c2ccccc2)C(=O)/C1=C/c1cc(I)c(OCc2ccc([N+](=O)[O-])cc2)c(I)c1. The van der Waals surface area contributed by atoms with Crippen molar-refractivity contribution < 1.29 is 14.5 Å². The fourth-order valence-electron chi connectivity index (χ4n) is 3.39. The highest BCUT2D eigenvalue weighted by atomic mass is 127. The van der Waals surface area contributed by atoms with E-state index < -0.39 is 4.92 Å². The number of benzene rings is 3. The van der Waals surface area contributed by atoms with Crippen LogP contribution in [0.3, 0.4) is 0 Å². The summed E-state index contributed by atoms with van der Waals surface area (Å²) in [5, 5.41) is 11.2. The van der Waals surface area contributed by atoms with Gasteiger partial charge in [0.15, 0.2) is 5.11 Å². The lowest BCUT2D eigenvalue weighted by Gasteiger charge is -2.16. The Balaban J connectivity index is 1.55. The van der Waals surface area contributed by atoms with Crippen LogP contribution in [0.4, 0.5) is 11.4 Å². The molecule has 4 rings (SSSR count). The molecule has 0 spiro atoms. The number of rotatable bonds is 6. The van der Waals surface area contributed by atoms with Gasteiger partial charge in [0, 0.05) is 19.2 Å². The van der Waals surface area contributed by atoms with Crippen molar-refractivity contribution in [1.82, 2.24) is 4.90 Å². The van der Waals surface area contributed by atoms with Crippen molar-refractivity contribution in [2.24, 2.45) is 0 Å². The second-order valence-corrected chi connectivity index (χ2v) is 10.1. The molecule has 10 heteroatoms. The minimum absolute atomic E-state index is 0.0436. The molecule has 1 saturated heterocycles. The number of nitrogens with zero attached hydrogens (tertiary/aromatic N) is 3. The molecular weight excluding hydrogens is 680 g/mol. The van der Waals surface area contributed by atoms with Crippen LogP contribution in [0.2, 0.25) is 0 Å². The number of halogens is 2. The Kier molecular flexibility index (Phi) is 7.48. The zero-order valence-corrected chi connectivity index (χ0v) is 22.9. The number of hydrogen-bond donors (Lipinski definition) is 0. The molecule has 1 aliphatic rings. The Morgan fingerprint density at radius 1 is 1.06 bits per heavy atom. The average molecular weight is 697 g/mol. The summed E-state index contributed by atoms with van der Waals surface area (Å²) in [6, 6.07) is 19.5. The molecule has 7 nitrogen and oxygen atoms in total. The van der Waals surface area contributed by atoms with Crippen LogP contribution in [0, 0.1) is 17.3 Å². The van der Waals surface area contributed by atoms with Crippen molar-refractivity contribution in [3.8, 4) is 5.75 Å². The van der Waals surface area contributed by atoms with Gasteiger partial charge < -0.3 is 9.64 Å². The molecule has 3 aromatic carbocycles. The minimum Gasteiger partial charge on any atom is -0.487 e. The largest absolute Gasteiger partial charge is 0.487 e. The van der Waals surface area contributed by atoms with Gasteiger partial charge in [0.25, 0.3) is 11.6 Å². The zero-order valence-electron chi connectivity index (χ0n) is 17.8. The number of thiocarbonyl (C=S) groups is 1. The molecule has 0 radical (unpaired) electrons. The van der Waals surface area contributed by atoms with E-state index in [0.29, 0.717) is 16.6 Å². The lowest BCUT2D eigenvalue weighted by molar-refractivity contribution is -0.384. The lowest BCUT2D eigenvalue weighted by atomic mass is 10.1. The zero-order chi connectivity index (χ0) is 24.4. The van der Waals surface area contributed by atoms with Gasteiger partial charge in [-0.05, 0) is 111 Å². The van der Waals surface area contributed by atoms with Gasteiger partial charge in [0.2, 0.25) is 0 Å². The minimum atomic E-state index is -0.429. The first-order valence-corrected chi connectivity index (χ1v) is 12.6. The monoisotopic (exact) mass is 697 g/mol. The Bertz CT molecular complexity index is 1290. The first kappa shape index (κ1) is 24.5. The highest BCUT2D eigenvalue weighted by Gasteiger charge is 2.36. The number of nitro groups is 1. The third kappa shape index (κ3) is 5.08. The van der Waals surface area contributed by atoms with Crippen molar-refractivity contribution in [1.29, 1.82) is 0 Å². The van der Waals surface area contributed by atoms with E-state index in [4.69, 9.17) is 17.0 Å². The fourth-order valence-corrected chi connectivity index (χ4v) is 5.80. The van der Waals surface area contributed by atoms with Gasteiger partial charge >= 0.3 is 0 Å². The highest BCUT2D eigenvalue weighted by molar-refractivity contribution is 14.1. The molecule has 1 aliphatic heterocycles. The predicted molar refractivity (Wildman–Crippen MR) is 152 cm³/mol. The molecule has 0 unspecified atom stereocenters. The molecule has 0 N–H and O–H groups in total. The van der Waals surface area contributed by atoms with Crippen LogP contribution >= 0.6 is 57.4 Å². The van der Waals surface area contributed by atoms with Crippen molar-refractivity contribution >= 4 is 85.9 Å². The van der Waals surface area contributed by atoms with Crippen LogP contribution in [0.1, 0.15) is 11.1 Å². The Morgan fingerprint density at radius 2 is 1.68 bits per heavy atom. The molecule has 0 atom stereocenters. The van der Waals surface area contributed by atoms with Gasteiger partial charge in [-0.25, -0.2) is 0 Å². The van der Waals surface area contributed by atoms with E-state index in [1.807, 2.05) is 48.5 Å². The van der Waals surface area contributed by atoms with E-state index in [-0.39, 0.29) is 18.2 Å². The maximum atomic E-state index is 13.2. The lowest BCUT2D eigenvalue weighted by Crippen LogP contribution is -2.30. The quantitative estimate of drug-likeness (QED) is 0.104. The van der Waals surface area contributed by atoms with Gasteiger partial charge in [-0.2, -0.15) is 0 Å². The normalized spacial score (nSPS) is 14.7. The number of amides is 1. The number of carbonyl (C=O) groups excluding carboxylic acids is 1. The average Bonchev–Trinajstić information content (AvgIpc) is 3.02. The molecular formula is C24H17I2N3O4S. The summed E-state index contributed by atoms with van der Waals surface area (Å²) in [7, 11) is 1.78. The third-order valence-corrected chi connectivity index (χ3v) is 7.19. The molecule has 34 heavy (non-hydrogen) atoms. The number of hydrogen-bond acceptors (Lipinski definition) is 5. The van der Waals surface area contributed by atoms with E-state index in [1.165, 1.54) is 17.0 Å². The van der Waals surface area contributed by atoms with Gasteiger partial charge in [-0.3, -0.25) is 19.8 Å². The maximum absolute atomic E-state index is 13.2. The van der Waals surface area contributed by atoms with Crippen molar-refractivity contribution in [2.45, 2.75) is 6.61 Å². The Hall–Kier alpha value is -2.58. The molecule has 0 bridgehead atoms. The molecule has 172 valence electrons. The van der Waals surface area contributed by atoms with Crippen molar-refractivity contribution in [3.63, 3.8) is 0 Å². The number of nitro benzene ring substituents is 1. The number of ether oxygens (including phenoxy) is 1. The fraction of sp³-hybridized carbons (Fsp3) is 0.0833. The Labute approximate surface area is 228 Å². The smallest absolute Gasteiger partial charge is 0.281 e. The third-order valence-electron chi connectivity index (χ3n) is 5.13. The topological polar surface area (TPSA) is 75.9 Å². The summed E-state index contributed by atoms with van der Waals surface area (Å²) in [5.74, 6) is 0.538. The summed E-state index contributed by atoms with van der Waals surface area (Å²) in [6.45, 7) is 0.284. The van der Waals surface area contributed by atoms with Crippen LogP contribution in [0.5, 0.6) is 5.75 Å². The maximum Gasteiger partial charge on any atom is 0.281 e. The van der Waals surface area contributed by atoms with Crippen molar-refractivity contribution in [3.05, 3.63) is 101 Å². The first-order chi connectivity index (χ1) is 16.3. The number of likely N-dealkylation sites (N-methyl/N-ethyl adjacent to an activating group) is 1. The van der Waals surface area contributed by atoms with Gasteiger partial charge in [0.1, 0.15) is 18.1 Å². The predicted octanol–water partition coefficient (Wildman–Crippen LogP) is 5.99. The van der Waals surface area contributed by atoms with Crippen LogP contribution in [-0.2, 0) is 11.4 Å². The molecule has 0 aromatic heterocycles. The summed E-state index contributed by atoms with van der Waals surface area (Å²) in [5.41, 5.74) is 2.94. The summed E-state index contributed by atoms with van der Waals surface area (Å²) in [4.78, 5) is 26.8. The van der Waals surface area contributed by atoms with E-state index in [2.05, 4.69) is 45.2 Å². The molecule has 3 aromatic rings. The molecule has 0 saturated carbocycles. The second kappa shape index (κ2) is 10.4. The van der Waals surface area contributed by atoms with Crippen LogP contribution in [0.25, 0.3) is 6.08 Å². The standard InChI is InChI=1S/C24H17I2N3O4S/c1-27-21(23(30)28(24(27)34)17-5-3-2-4-6-17)13-16-11-19(25)22(20(26)12-16)33-14-15-7-9-18(10-8-15)29(31)32/h2-13H,14H2,1H3/b21-13-. The highest BCUT2D eigenvalue weighted by Crippen LogP contribution is 2.32. The Morgan fingerprint density at radius 3 is 2.26 bits per heavy atom. The van der Waals surface area contributed by atoms with Gasteiger partial charge in [-0.1, -0.05) is 18.2 Å². The molecule has 1 amide bonds. The number of anilines is 1. The van der Waals surface area contributed by atoms with Gasteiger partial charge in [0.05, 0.1) is 17.8 Å². The summed E-state index contributed by atoms with van der Waals surface area (Å²) in [6.07, 6.45) is 1.82. The molecule has 0 aliphatic carbocycles. The van der Waals surface area contributed by atoms with Gasteiger partial charge in [-0.15, -0.1) is 0 Å². The first-order valence-electron chi connectivity index (χ1n) is 10.0. The van der Waals surface area contributed by atoms with Crippen LogP contribution < -0.4 is 9.64 Å².